The van der Waals surface area contributed by atoms with E-state index in [2.05, 4.69) is 65.7 Å². The quantitative estimate of drug-likeness (QED) is 0.363. The molecule has 0 spiro atoms. The molecule has 2 heteroatoms. The fraction of sp³-hybridized carbons (Fsp3) is 0.231. The van der Waals surface area contributed by atoms with Gasteiger partial charge in [0.25, 0.3) is 0 Å². The minimum atomic E-state index is 0.597. The van der Waals surface area contributed by atoms with Crippen molar-refractivity contribution in [1.29, 1.82) is 0 Å². The smallest absolute Gasteiger partial charge is 0.114 e. The maximum absolute atomic E-state index is 5.48. The van der Waals surface area contributed by atoms with Crippen LogP contribution in [0.2, 0.25) is 0 Å². The Labute approximate surface area is 166 Å². The molecule has 0 bridgehead atoms. The maximum atomic E-state index is 5.48. The van der Waals surface area contributed by atoms with E-state index in [9.17, 15) is 0 Å². The number of para-hydroxylation sites is 1. The fourth-order valence-electron chi connectivity index (χ4n) is 4.88. The second kappa shape index (κ2) is 7.20. The van der Waals surface area contributed by atoms with Crippen molar-refractivity contribution in [2.45, 2.75) is 38.0 Å². The lowest BCUT2D eigenvalue weighted by Crippen LogP contribution is -2.07. The van der Waals surface area contributed by atoms with Crippen LogP contribution in [0, 0.1) is 0 Å². The molecule has 0 N–H and O–H groups in total. The Morgan fingerprint density at radius 3 is 2.50 bits per heavy atom. The minimum absolute atomic E-state index is 0.597. The SMILES string of the molecule is C=Cc1ccccc1-c1c(C2CCCCC2)c2ccccc2n1-c1ccoc1. The molecule has 28 heavy (non-hydrogen) atoms. The predicted octanol–water partition coefficient (Wildman–Crippen LogP) is 7.58. The molecule has 0 unspecified atom stereocenters. The molecular formula is C26H25NO. The molecule has 2 aromatic heterocycles. The Balaban J connectivity index is 1.90. The second-order valence-corrected chi connectivity index (χ2v) is 7.72. The van der Waals surface area contributed by atoms with E-state index in [0.29, 0.717) is 5.92 Å². The molecule has 1 saturated carbocycles. The highest BCUT2D eigenvalue weighted by atomic mass is 16.3. The van der Waals surface area contributed by atoms with Crippen molar-refractivity contribution in [1.82, 2.24) is 4.57 Å². The maximum Gasteiger partial charge on any atom is 0.114 e. The van der Waals surface area contributed by atoms with Crippen molar-refractivity contribution >= 4 is 17.0 Å². The van der Waals surface area contributed by atoms with Gasteiger partial charge in [0.05, 0.1) is 23.2 Å². The monoisotopic (exact) mass is 367 g/mol. The van der Waals surface area contributed by atoms with Crippen LogP contribution in [-0.2, 0) is 0 Å². The molecule has 0 amide bonds. The highest BCUT2D eigenvalue weighted by molar-refractivity contribution is 5.95. The van der Waals surface area contributed by atoms with Crippen LogP contribution in [0.4, 0.5) is 0 Å². The standard InChI is InChI=1S/C26H25NO/c1-2-19-10-6-7-13-22(19)26-25(20-11-4-3-5-12-20)23-14-8-9-15-24(23)27(26)21-16-17-28-18-21/h2,6-10,13-18,20H,1,3-5,11-12H2. The van der Waals surface area contributed by atoms with Crippen LogP contribution in [-0.4, -0.2) is 4.57 Å². The first-order valence-corrected chi connectivity index (χ1v) is 10.3. The molecule has 1 fully saturated rings. The molecule has 0 aliphatic heterocycles. The van der Waals surface area contributed by atoms with Gasteiger partial charge in [-0.3, -0.25) is 0 Å². The first-order chi connectivity index (χ1) is 13.9. The summed E-state index contributed by atoms with van der Waals surface area (Å²) < 4.78 is 7.86. The van der Waals surface area contributed by atoms with E-state index in [-0.39, 0.29) is 0 Å². The largest absolute Gasteiger partial charge is 0.470 e. The van der Waals surface area contributed by atoms with Crippen LogP contribution in [0.1, 0.15) is 49.1 Å². The molecule has 4 aromatic rings. The summed E-state index contributed by atoms with van der Waals surface area (Å²) in [6, 6.07) is 19.5. The summed E-state index contributed by atoms with van der Waals surface area (Å²) in [6.45, 7) is 4.08. The molecule has 0 saturated heterocycles. The number of nitrogens with zero attached hydrogens (tertiary/aromatic N) is 1. The van der Waals surface area contributed by atoms with Gasteiger partial charge in [-0.2, -0.15) is 0 Å². The van der Waals surface area contributed by atoms with Gasteiger partial charge in [0.1, 0.15) is 6.26 Å². The summed E-state index contributed by atoms with van der Waals surface area (Å²) in [5, 5.41) is 1.37. The highest BCUT2D eigenvalue weighted by Gasteiger charge is 2.27. The molecule has 140 valence electrons. The summed E-state index contributed by atoms with van der Waals surface area (Å²) in [4.78, 5) is 0. The van der Waals surface area contributed by atoms with Gasteiger partial charge in [0.2, 0.25) is 0 Å². The van der Waals surface area contributed by atoms with Gasteiger partial charge in [0, 0.05) is 17.0 Å². The Bertz CT molecular complexity index is 1110. The number of benzene rings is 2. The molecule has 0 radical (unpaired) electrons. The van der Waals surface area contributed by atoms with Crippen molar-refractivity contribution in [3.8, 4) is 16.9 Å². The molecule has 2 nitrogen and oxygen atoms in total. The van der Waals surface area contributed by atoms with E-state index in [4.69, 9.17) is 4.42 Å². The second-order valence-electron chi connectivity index (χ2n) is 7.72. The molecule has 1 aliphatic carbocycles. The Morgan fingerprint density at radius 1 is 0.929 bits per heavy atom. The van der Waals surface area contributed by atoms with Crippen LogP contribution in [0.25, 0.3) is 33.9 Å². The van der Waals surface area contributed by atoms with Crippen molar-refractivity contribution < 1.29 is 4.42 Å². The topological polar surface area (TPSA) is 18.1 Å². The molecular weight excluding hydrogens is 342 g/mol. The van der Waals surface area contributed by atoms with Gasteiger partial charge in [-0.15, -0.1) is 0 Å². The summed E-state index contributed by atoms with van der Waals surface area (Å²) in [6.07, 6.45) is 12.1. The lowest BCUT2D eigenvalue weighted by molar-refractivity contribution is 0.446. The average molecular weight is 367 g/mol. The van der Waals surface area contributed by atoms with Gasteiger partial charge < -0.3 is 8.98 Å². The van der Waals surface area contributed by atoms with Gasteiger partial charge in [-0.1, -0.05) is 74.4 Å². The van der Waals surface area contributed by atoms with Crippen molar-refractivity contribution in [3.63, 3.8) is 0 Å². The van der Waals surface area contributed by atoms with Crippen LogP contribution in [0.15, 0.2) is 78.1 Å². The summed E-state index contributed by atoms with van der Waals surface area (Å²) >= 11 is 0. The zero-order valence-corrected chi connectivity index (χ0v) is 16.1. The van der Waals surface area contributed by atoms with E-state index in [1.165, 1.54) is 65.4 Å². The predicted molar refractivity (Wildman–Crippen MR) is 117 cm³/mol. The summed E-state index contributed by atoms with van der Waals surface area (Å²) in [7, 11) is 0. The lowest BCUT2D eigenvalue weighted by Gasteiger charge is -2.24. The Kier molecular flexibility index (Phi) is 4.40. The van der Waals surface area contributed by atoms with E-state index >= 15 is 0 Å². The van der Waals surface area contributed by atoms with Gasteiger partial charge in [-0.05, 0) is 36.0 Å². The first kappa shape index (κ1) is 17.1. The van der Waals surface area contributed by atoms with E-state index in [0.717, 1.165) is 5.69 Å². The van der Waals surface area contributed by atoms with E-state index in [1.807, 2.05) is 12.3 Å². The zero-order chi connectivity index (χ0) is 18.9. The van der Waals surface area contributed by atoms with Crippen molar-refractivity contribution in [3.05, 3.63) is 84.8 Å². The normalized spacial score (nSPS) is 15.1. The minimum Gasteiger partial charge on any atom is -0.470 e. The van der Waals surface area contributed by atoms with Gasteiger partial charge >= 0.3 is 0 Å². The Morgan fingerprint density at radius 2 is 1.71 bits per heavy atom. The van der Waals surface area contributed by atoms with E-state index < -0.39 is 0 Å². The van der Waals surface area contributed by atoms with Gasteiger partial charge in [-0.25, -0.2) is 0 Å². The number of fused-ring (bicyclic) bond motifs is 1. The van der Waals surface area contributed by atoms with Crippen LogP contribution in [0.3, 0.4) is 0 Å². The van der Waals surface area contributed by atoms with Crippen LogP contribution < -0.4 is 0 Å². The Hall–Kier alpha value is -3.00. The molecule has 1 aliphatic rings. The number of rotatable bonds is 4. The lowest BCUT2D eigenvalue weighted by atomic mass is 9.81. The number of furan rings is 1. The van der Waals surface area contributed by atoms with Gasteiger partial charge in [0.15, 0.2) is 0 Å². The third kappa shape index (κ3) is 2.72. The molecule has 2 aromatic carbocycles. The van der Waals surface area contributed by atoms with Crippen molar-refractivity contribution in [2.75, 3.05) is 0 Å². The van der Waals surface area contributed by atoms with Crippen molar-refractivity contribution in [2.24, 2.45) is 0 Å². The third-order valence-electron chi connectivity index (χ3n) is 6.13. The fourth-order valence-corrected chi connectivity index (χ4v) is 4.88. The number of hydrogen-bond acceptors (Lipinski definition) is 1. The summed E-state index contributed by atoms with van der Waals surface area (Å²) in [5.74, 6) is 0.597. The van der Waals surface area contributed by atoms with Crippen LogP contribution >= 0.6 is 0 Å². The van der Waals surface area contributed by atoms with Crippen LogP contribution in [0.5, 0.6) is 0 Å². The summed E-state index contributed by atoms with van der Waals surface area (Å²) in [5.41, 5.74) is 7.53. The number of hydrogen-bond donors (Lipinski definition) is 0. The molecule has 0 atom stereocenters. The number of aromatic nitrogens is 1. The molecule has 5 rings (SSSR count). The molecule has 2 heterocycles. The zero-order valence-electron chi connectivity index (χ0n) is 16.1. The van der Waals surface area contributed by atoms with E-state index in [1.54, 1.807) is 6.26 Å². The average Bonchev–Trinajstić information content (AvgIpc) is 3.40. The highest BCUT2D eigenvalue weighted by Crippen LogP contribution is 2.46. The third-order valence-corrected chi connectivity index (χ3v) is 6.13. The first-order valence-electron chi connectivity index (χ1n) is 10.3.